The van der Waals surface area contributed by atoms with Crippen LogP contribution in [0.25, 0.3) is 10.9 Å². The van der Waals surface area contributed by atoms with E-state index in [1.54, 1.807) is 7.11 Å². The molecule has 0 amide bonds. The molecule has 0 aliphatic rings. The van der Waals surface area contributed by atoms with Gasteiger partial charge in [-0.3, -0.25) is 0 Å². The van der Waals surface area contributed by atoms with Crippen molar-refractivity contribution in [2.75, 3.05) is 17.7 Å². The van der Waals surface area contributed by atoms with Crippen molar-refractivity contribution < 1.29 is 4.74 Å². The standard InChI is InChI=1S/C23H22N4O/c1-15-7-6-10-20(16(15)2)25-23-26-21-9-5-4-8-19(21)22(27-23)24-17-11-13-18(28-3)14-12-17/h4-14H,1-3H3,(H2,24,25,26,27). The highest BCUT2D eigenvalue weighted by atomic mass is 16.5. The molecule has 0 bridgehead atoms. The summed E-state index contributed by atoms with van der Waals surface area (Å²) < 4.78 is 5.23. The molecule has 5 nitrogen and oxygen atoms in total. The lowest BCUT2D eigenvalue weighted by molar-refractivity contribution is 0.415. The quantitative estimate of drug-likeness (QED) is 0.469. The van der Waals surface area contributed by atoms with Gasteiger partial charge in [-0.1, -0.05) is 24.3 Å². The molecule has 0 spiro atoms. The van der Waals surface area contributed by atoms with E-state index in [1.165, 1.54) is 11.1 Å². The first-order chi connectivity index (χ1) is 13.6. The van der Waals surface area contributed by atoms with Gasteiger partial charge in [0.05, 0.1) is 12.6 Å². The van der Waals surface area contributed by atoms with Crippen LogP contribution in [-0.4, -0.2) is 17.1 Å². The van der Waals surface area contributed by atoms with Crippen LogP contribution in [0, 0.1) is 13.8 Å². The van der Waals surface area contributed by atoms with Gasteiger partial charge in [0.15, 0.2) is 0 Å². The minimum absolute atomic E-state index is 0.559. The Morgan fingerprint density at radius 3 is 2.36 bits per heavy atom. The summed E-state index contributed by atoms with van der Waals surface area (Å²) in [5, 5.41) is 7.73. The lowest BCUT2D eigenvalue weighted by Crippen LogP contribution is -2.03. The van der Waals surface area contributed by atoms with E-state index in [0.29, 0.717) is 5.95 Å². The second kappa shape index (κ2) is 7.56. The maximum Gasteiger partial charge on any atom is 0.229 e. The van der Waals surface area contributed by atoms with Crippen molar-refractivity contribution >= 4 is 34.0 Å². The van der Waals surface area contributed by atoms with Crippen LogP contribution in [0.5, 0.6) is 5.75 Å². The highest BCUT2D eigenvalue weighted by molar-refractivity contribution is 5.92. The third kappa shape index (κ3) is 3.60. The van der Waals surface area contributed by atoms with Crippen LogP contribution in [0.2, 0.25) is 0 Å². The Labute approximate surface area is 164 Å². The number of para-hydroxylation sites is 1. The third-order valence-corrected chi connectivity index (χ3v) is 4.81. The van der Waals surface area contributed by atoms with Crippen LogP contribution in [-0.2, 0) is 0 Å². The van der Waals surface area contributed by atoms with Crippen molar-refractivity contribution in [1.29, 1.82) is 0 Å². The van der Waals surface area contributed by atoms with Crippen LogP contribution in [0.3, 0.4) is 0 Å². The molecule has 28 heavy (non-hydrogen) atoms. The SMILES string of the molecule is COc1ccc(Nc2nc(Nc3cccc(C)c3C)nc3ccccc23)cc1. The smallest absolute Gasteiger partial charge is 0.229 e. The van der Waals surface area contributed by atoms with Crippen molar-refractivity contribution in [3.63, 3.8) is 0 Å². The van der Waals surface area contributed by atoms with E-state index in [4.69, 9.17) is 9.72 Å². The molecular formula is C23H22N4O. The van der Waals surface area contributed by atoms with Crippen molar-refractivity contribution in [1.82, 2.24) is 9.97 Å². The number of aromatic nitrogens is 2. The zero-order valence-electron chi connectivity index (χ0n) is 16.2. The van der Waals surface area contributed by atoms with Crippen LogP contribution in [0.1, 0.15) is 11.1 Å². The number of nitrogens with one attached hydrogen (secondary N) is 2. The Morgan fingerprint density at radius 2 is 1.57 bits per heavy atom. The van der Waals surface area contributed by atoms with Crippen molar-refractivity contribution in [3.05, 3.63) is 77.9 Å². The first kappa shape index (κ1) is 17.8. The van der Waals surface area contributed by atoms with E-state index in [1.807, 2.05) is 60.7 Å². The Morgan fingerprint density at radius 1 is 0.786 bits per heavy atom. The fourth-order valence-electron chi connectivity index (χ4n) is 3.05. The number of ether oxygens (including phenoxy) is 1. The van der Waals surface area contributed by atoms with Gasteiger partial charge in [0.25, 0.3) is 0 Å². The molecule has 0 aliphatic heterocycles. The van der Waals surface area contributed by atoms with Crippen molar-refractivity contribution in [3.8, 4) is 5.75 Å². The first-order valence-corrected chi connectivity index (χ1v) is 9.15. The van der Waals surface area contributed by atoms with E-state index >= 15 is 0 Å². The monoisotopic (exact) mass is 370 g/mol. The average molecular weight is 370 g/mol. The maximum absolute atomic E-state index is 5.23. The summed E-state index contributed by atoms with van der Waals surface area (Å²) in [6.07, 6.45) is 0. The lowest BCUT2D eigenvalue weighted by Gasteiger charge is -2.14. The van der Waals surface area contributed by atoms with Crippen LogP contribution < -0.4 is 15.4 Å². The topological polar surface area (TPSA) is 59.1 Å². The highest BCUT2D eigenvalue weighted by Gasteiger charge is 2.10. The summed E-state index contributed by atoms with van der Waals surface area (Å²) >= 11 is 0. The van der Waals surface area contributed by atoms with Gasteiger partial charge in [-0.25, -0.2) is 4.98 Å². The Bertz CT molecular complexity index is 1120. The fraction of sp³-hybridized carbons (Fsp3) is 0.130. The summed E-state index contributed by atoms with van der Waals surface area (Å²) in [7, 11) is 1.66. The number of benzene rings is 3. The molecule has 140 valence electrons. The van der Waals surface area contributed by atoms with E-state index in [2.05, 4.69) is 35.5 Å². The van der Waals surface area contributed by atoms with Gasteiger partial charge in [-0.2, -0.15) is 4.98 Å². The van der Waals surface area contributed by atoms with Gasteiger partial charge < -0.3 is 15.4 Å². The van der Waals surface area contributed by atoms with Crippen LogP contribution in [0.4, 0.5) is 23.1 Å². The van der Waals surface area contributed by atoms with E-state index in [0.717, 1.165) is 33.8 Å². The Kier molecular flexibility index (Phi) is 4.81. The van der Waals surface area contributed by atoms with E-state index in [9.17, 15) is 0 Å². The number of rotatable bonds is 5. The molecule has 0 aliphatic carbocycles. The molecule has 0 unspecified atom stereocenters. The van der Waals surface area contributed by atoms with Gasteiger partial charge >= 0.3 is 0 Å². The van der Waals surface area contributed by atoms with Gasteiger partial charge in [-0.05, 0) is 67.4 Å². The van der Waals surface area contributed by atoms with Gasteiger partial charge in [0.1, 0.15) is 11.6 Å². The van der Waals surface area contributed by atoms with Gasteiger partial charge in [0, 0.05) is 16.8 Å². The molecule has 4 rings (SSSR count). The minimum Gasteiger partial charge on any atom is -0.497 e. The zero-order valence-corrected chi connectivity index (χ0v) is 16.2. The summed E-state index contributed by atoms with van der Waals surface area (Å²) in [6, 6.07) is 21.9. The number of anilines is 4. The average Bonchev–Trinajstić information content (AvgIpc) is 2.72. The number of nitrogens with zero attached hydrogens (tertiary/aromatic N) is 2. The molecule has 4 aromatic rings. The number of hydrogen-bond acceptors (Lipinski definition) is 5. The van der Waals surface area contributed by atoms with Crippen molar-refractivity contribution in [2.45, 2.75) is 13.8 Å². The van der Waals surface area contributed by atoms with E-state index in [-0.39, 0.29) is 0 Å². The molecule has 1 aromatic heterocycles. The summed E-state index contributed by atoms with van der Waals surface area (Å²) in [6.45, 7) is 4.19. The van der Waals surface area contributed by atoms with Crippen molar-refractivity contribution in [2.24, 2.45) is 0 Å². The number of fused-ring (bicyclic) bond motifs is 1. The normalized spacial score (nSPS) is 10.7. The second-order valence-corrected chi connectivity index (χ2v) is 6.64. The molecule has 3 aromatic carbocycles. The highest BCUT2D eigenvalue weighted by Crippen LogP contribution is 2.28. The molecule has 2 N–H and O–H groups in total. The fourth-order valence-corrected chi connectivity index (χ4v) is 3.05. The summed E-state index contributed by atoms with van der Waals surface area (Å²) in [5.74, 6) is 2.13. The predicted octanol–water partition coefficient (Wildman–Crippen LogP) is 5.74. The Balaban J connectivity index is 1.73. The van der Waals surface area contributed by atoms with E-state index < -0.39 is 0 Å². The molecule has 5 heteroatoms. The molecule has 1 heterocycles. The molecule has 0 saturated carbocycles. The summed E-state index contributed by atoms with van der Waals surface area (Å²) in [5.41, 5.74) is 5.22. The molecule has 0 saturated heterocycles. The zero-order chi connectivity index (χ0) is 19.5. The van der Waals surface area contributed by atoms with Crippen LogP contribution in [0.15, 0.2) is 66.7 Å². The number of aryl methyl sites for hydroxylation is 1. The van der Waals surface area contributed by atoms with Gasteiger partial charge in [0.2, 0.25) is 5.95 Å². The number of hydrogen-bond donors (Lipinski definition) is 2. The predicted molar refractivity (Wildman–Crippen MR) is 115 cm³/mol. The van der Waals surface area contributed by atoms with Gasteiger partial charge in [-0.15, -0.1) is 0 Å². The Hall–Kier alpha value is -3.60. The lowest BCUT2D eigenvalue weighted by atomic mass is 10.1. The molecule has 0 fully saturated rings. The minimum atomic E-state index is 0.559. The first-order valence-electron chi connectivity index (χ1n) is 9.15. The maximum atomic E-state index is 5.23. The molecule has 0 radical (unpaired) electrons. The van der Waals surface area contributed by atoms with Crippen LogP contribution >= 0.6 is 0 Å². The number of methoxy groups -OCH3 is 1. The molecule has 0 atom stereocenters. The summed E-state index contributed by atoms with van der Waals surface area (Å²) in [4.78, 5) is 9.43. The third-order valence-electron chi connectivity index (χ3n) is 4.81. The second-order valence-electron chi connectivity index (χ2n) is 6.64. The largest absolute Gasteiger partial charge is 0.497 e. The molecular weight excluding hydrogens is 348 g/mol.